The van der Waals surface area contributed by atoms with Crippen LogP contribution in [0.1, 0.15) is 29.3 Å². The van der Waals surface area contributed by atoms with Crippen LogP contribution in [0.3, 0.4) is 0 Å². The molecule has 1 aliphatic heterocycles. The molecule has 5 heteroatoms. The lowest BCUT2D eigenvalue weighted by atomic mass is 10.00. The average molecular weight is 324 g/mol. The maximum atomic E-state index is 5.61. The van der Waals surface area contributed by atoms with Crippen LogP contribution in [0, 0.1) is 13.8 Å². The number of nitrogens with zero attached hydrogens (tertiary/aromatic N) is 3. The van der Waals surface area contributed by atoms with Crippen molar-refractivity contribution in [3.63, 3.8) is 0 Å². The molecule has 2 heterocycles. The van der Waals surface area contributed by atoms with Gasteiger partial charge < -0.3 is 14.6 Å². The summed E-state index contributed by atoms with van der Waals surface area (Å²) in [6, 6.07) is 10.6. The summed E-state index contributed by atoms with van der Waals surface area (Å²) >= 11 is 0. The van der Waals surface area contributed by atoms with Gasteiger partial charge in [0.15, 0.2) is 5.96 Å². The number of guanidine groups is 1. The maximum absolute atomic E-state index is 5.61. The van der Waals surface area contributed by atoms with Crippen molar-refractivity contribution in [2.45, 2.75) is 26.8 Å². The van der Waals surface area contributed by atoms with E-state index in [0.29, 0.717) is 12.4 Å². The van der Waals surface area contributed by atoms with E-state index >= 15 is 0 Å². The van der Waals surface area contributed by atoms with Crippen LogP contribution in [-0.2, 0) is 6.54 Å². The van der Waals surface area contributed by atoms with E-state index in [1.54, 1.807) is 0 Å². The lowest BCUT2D eigenvalue weighted by Crippen LogP contribution is -2.43. The second-order valence-corrected chi connectivity index (χ2v) is 5.94. The zero-order chi connectivity index (χ0) is 16.9. The molecule has 1 aromatic carbocycles. The zero-order valence-electron chi connectivity index (χ0n) is 14.5. The van der Waals surface area contributed by atoms with Gasteiger partial charge in [-0.1, -0.05) is 36.4 Å². The van der Waals surface area contributed by atoms with E-state index in [1.165, 1.54) is 11.1 Å². The summed E-state index contributed by atoms with van der Waals surface area (Å²) in [5.41, 5.74) is 3.65. The number of hydrogen-bond donors (Lipinski definition) is 1. The highest BCUT2D eigenvalue weighted by molar-refractivity contribution is 5.81. The van der Waals surface area contributed by atoms with E-state index in [0.717, 1.165) is 36.9 Å². The highest BCUT2D eigenvalue weighted by Gasteiger charge is 2.16. The van der Waals surface area contributed by atoms with Crippen molar-refractivity contribution < 1.29 is 4.42 Å². The van der Waals surface area contributed by atoms with Crippen LogP contribution < -0.4 is 5.32 Å². The second kappa shape index (κ2) is 7.34. The van der Waals surface area contributed by atoms with E-state index in [1.807, 2.05) is 20.9 Å². The summed E-state index contributed by atoms with van der Waals surface area (Å²) < 4.78 is 5.61. The first kappa shape index (κ1) is 16.3. The van der Waals surface area contributed by atoms with Gasteiger partial charge in [0.2, 0.25) is 5.89 Å². The number of rotatable bonds is 3. The fourth-order valence-electron chi connectivity index (χ4n) is 2.88. The molecule has 5 nitrogen and oxygen atoms in total. The molecule has 1 N–H and O–H groups in total. The molecule has 126 valence electrons. The van der Waals surface area contributed by atoms with Gasteiger partial charge in [0.05, 0.1) is 12.2 Å². The molecule has 0 saturated carbocycles. The Kier molecular flexibility index (Phi) is 4.99. The molecule has 0 saturated heterocycles. The monoisotopic (exact) mass is 324 g/mol. The normalized spacial score (nSPS) is 15.4. The molecule has 0 spiro atoms. The molecule has 1 aliphatic rings. The summed E-state index contributed by atoms with van der Waals surface area (Å²) in [6.45, 7) is 6.24. The van der Waals surface area contributed by atoms with Crippen molar-refractivity contribution >= 4 is 11.5 Å². The molecular weight excluding hydrogens is 300 g/mol. The number of aryl methyl sites for hydroxylation is 2. The number of oxazole rings is 1. The summed E-state index contributed by atoms with van der Waals surface area (Å²) in [4.78, 5) is 11.0. The molecule has 3 rings (SSSR count). The minimum absolute atomic E-state index is 0.549. The topological polar surface area (TPSA) is 53.7 Å². The third-order valence-electron chi connectivity index (χ3n) is 4.34. The fourth-order valence-corrected chi connectivity index (χ4v) is 2.88. The van der Waals surface area contributed by atoms with Crippen LogP contribution >= 0.6 is 0 Å². The largest absolute Gasteiger partial charge is 0.444 e. The number of aromatic nitrogens is 1. The lowest BCUT2D eigenvalue weighted by Gasteiger charge is -2.29. The third kappa shape index (κ3) is 3.67. The summed E-state index contributed by atoms with van der Waals surface area (Å²) in [7, 11) is 1.81. The highest BCUT2D eigenvalue weighted by Crippen LogP contribution is 2.22. The Bertz CT molecular complexity index is 726. The standard InChI is InChI=1S/C19H24N4O/c1-14-15(2)24-18(22-14)13-21-19(20-3)23-11-9-17(10-12-23)16-7-5-4-6-8-16/h4-9H,10-13H2,1-3H3,(H,20,21). The lowest BCUT2D eigenvalue weighted by molar-refractivity contribution is 0.424. The average Bonchev–Trinajstić information content (AvgIpc) is 2.95. The number of aliphatic imine (C=N–C) groups is 1. The molecule has 0 unspecified atom stereocenters. The van der Waals surface area contributed by atoms with Crippen molar-refractivity contribution in [2.75, 3.05) is 20.1 Å². The molecule has 0 bridgehead atoms. The van der Waals surface area contributed by atoms with Gasteiger partial charge in [-0.15, -0.1) is 0 Å². The first-order chi connectivity index (χ1) is 11.7. The van der Waals surface area contributed by atoms with E-state index < -0.39 is 0 Å². The predicted molar refractivity (Wildman–Crippen MR) is 96.8 cm³/mol. The molecule has 0 atom stereocenters. The van der Waals surface area contributed by atoms with E-state index in [9.17, 15) is 0 Å². The Morgan fingerprint density at radius 3 is 2.67 bits per heavy atom. The Labute approximate surface area is 143 Å². The van der Waals surface area contributed by atoms with Crippen molar-refractivity contribution in [1.82, 2.24) is 15.2 Å². The van der Waals surface area contributed by atoms with Gasteiger partial charge in [-0.05, 0) is 31.4 Å². The first-order valence-electron chi connectivity index (χ1n) is 8.30. The van der Waals surface area contributed by atoms with E-state index in [4.69, 9.17) is 4.42 Å². The molecular formula is C19H24N4O. The minimum atomic E-state index is 0.549. The van der Waals surface area contributed by atoms with E-state index in [-0.39, 0.29) is 0 Å². The molecule has 2 aromatic rings. The van der Waals surface area contributed by atoms with Crippen molar-refractivity contribution in [1.29, 1.82) is 0 Å². The van der Waals surface area contributed by atoms with E-state index in [2.05, 4.69) is 56.6 Å². The molecule has 0 fully saturated rings. The molecule has 0 aliphatic carbocycles. The van der Waals surface area contributed by atoms with Gasteiger partial charge in [0, 0.05) is 20.1 Å². The summed E-state index contributed by atoms with van der Waals surface area (Å²) in [5.74, 6) is 2.45. The van der Waals surface area contributed by atoms with Crippen molar-refractivity contribution in [2.24, 2.45) is 4.99 Å². The van der Waals surface area contributed by atoms with Crippen molar-refractivity contribution in [3.05, 3.63) is 59.3 Å². The SMILES string of the molecule is CN=C(NCc1nc(C)c(C)o1)N1CC=C(c2ccccc2)CC1. The van der Waals surface area contributed by atoms with Crippen LogP contribution in [0.5, 0.6) is 0 Å². The third-order valence-corrected chi connectivity index (χ3v) is 4.34. The second-order valence-electron chi connectivity index (χ2n) is 5.94. The van der Waals surface area contributed by atoms with Crippen LogP contribution in [-0.4, -0.2) is 36.0 Å². The molecule has 0 amide bonds. The Balaban J connectivity index is 1.60. The van der Waals surface area contributed by atoms with Crippen LogP contribution in [0.4, 0.5) is 0 Å². The van der Waals surface area contributed by atoms with Crippen LogP contribution in [0.15, 0.2) is 45.8 Å². The minimum Gasteiger partial charge on any atom is -0.444 e. The zero-order valence-corrected chi connectivity index (χ0v) is 14.5. The van der Waals surface area contributed by atoms with Crippen LogP contribution in [0.2, 0.25) is 0 Å². The van der Waals surface area contributed by atoms with Crippen LogP contribution in [0.25, 0.3) is 5.57 Å². The molecule has 1 aromatic heterocycles. The molecule has 24 heavy (non-hydrogen) atoms. The maximum Gasteiger partial charge on any atom is 0.214 e. The first-order valence-corrected chi connectivity index (χ1v) is 8.30. The quantitative estimate of drug-likeness (QED) is 0.696. The van der Waals surface area contributed by atoms with Gasteiger partial charge >= 0.3 is 0 Å². The smallest absolute Gasteiger partial charge is 0.214 e. The Morgan fingerprint density at radius 1 is 1.29 bits per heavy atom. The fraction of sp³-hybridized carbons (Fsp3) is 0.368. The Hall–Kier alpha value is -2.56. The van der Waals surface area contributed by atoms with Gasteiger partial charge in [0.1, 0.15) is 5.76 Å². The van der Waals surface area contributed by atoms with Gasteiger partial charge in [-0.3, -0.25) is 4.99 Å². The number of hydrogen-bond acceptors (Lipinski definition) is 3. The van der Waals surface area contributed by atoms with Gasteiger partial charge in [-0.2, -0.15) is 0 Å². The molecule has 0 radical (unpaired) electrons. The highest BCUT2D eigenvalue weighted by atomic mass is 16.4. The number of benzene rings is 1. The van der Waals surface area contributed by atoms with Crippen molar-refractivity contribution in [3.8, 4) is 0 Å². The summed E-state index contributed by atoms with van der Waals surface area (Å²) in [5, 5.41) is 3.34. The van der Waals surface area contributed by atoms with Gasteiger partial charge in [-0.25, -0.2) is 4.98 Å². The Morgan fingerprint density at radius 2 is 2.08 bits per heavy atom. The van der Waals surface area contributed by atoms with Gasteiger partial charge in [0.25, 0.3) is 0 Å². The summed E-state index contributed by atoms with van der Waals surface area (Å²) in [6.07, 6.45) is 3.30. The predicted octanol–water partition coefficient (Wildman–Crippen LogP) is 3.16. The number of nitrogens with one attached hydrogen (secondary N) is 1.